The maximum atomic E-state index is 13.5. The lowest BCUT2D eigenvalue weighted by Crippen LogP contribution is -2.28. The maximum absolute atomic E-state index is 13.5. The van der Waals surface area contributed by atoms with E-state index in [2.05, 4.69) is 5.92 Å². The quantitative estimate of drug-likeness (QED) is 0.821. The molecule has 18 heavy (non-hydrogen) atoms. The molecule has 98 valence electrons. The van der Waals surface area contributed by atoms with Crippen LogP contribution >= 0.6 is 0 Å². The Morgan fingerprint density at radius 3 is 2.56 bits per heavy atom. The van der Waals surface area contributed by atoms with Gasteiger partial charge in [-0.15, -0.1) is 6.42 Å². The van der Waals surface area contributed by atoms with Crippen LogP contribution in [0.3, 0.4) is 0 Å². The summed E-state index contributed by atoms with van der Waals surface area (Å²) < 4.78 is 51.4. The van der Waals surface area contributed by atoms with Crippen molar-refractivity contribution >= 4 is 10.0 Å². The molecule has 0 aliphatic heterocycles. The van der Waals surface area contributed by atoms with E-state index in [1.807, 2.05) is 0 Å². The monoisotopic (exact) mass is 274 g/mol. The van der Waals surface area contributed by atoms with Gasteiger partial charge < -0.3 is 5.73 Å². The van der Waals surface area contributed by atoms with Crippen LogP contribution in [0.25, 0.3) is 0 Å². The lowest BCUT2D eigenvalue weighted by molar-refractivity contribution is 0.464. The molecule has 0 saturated carbocycles. The first kappa shape index (κ1) is 14.6. The van der Waals surface area contributed by atoms with Crippen LogP contribution < -0.4 is 5.73 Å². The Bertz CT molecular complexity index is 594. The first-order valence-electron chi connectivity index (χ1n) is 4.92. The van der Waals surface area contributed by atoms with Gasteiger partial charge in [0.05, 0.1) is 6.54 Å². The van der Waals surface area contributed by atoms with Gasteiger partial charge in [0.2, 0.25) is 10.0 Å². The molecule has 0 atom stereocenters. The van der Waals surface area contributed by atoms with E-state index in [1.54, 1.807) is 0 Å². The zero-order valence-corrected chi connectivity index (χ0v) is 10.5. The Labute approximate surface area is 104 Å². The molecule has 0 aliphatic rings. The molecule has 1 rings (SSSR count). The van der Waals surface area contributed by atoms with Crippen LogP contribution in [0.5, 0.6) is 0 Å². The van der Waals surface area contributed by atoms with Gasteiger partial charge in [0.1, 0.15) is 4.90 Å². The number of hydrogen-bond donors (Lipinski definition) is 1. The summed E-state index contributed by atoms with van der Waals surface area (Å²) >= 11 is 0. The van der Waals surface area contributed by atoms with Gasteiger partial charge in [-0.1, -0.05) is 5.92 Å². The molecule has 4 nitrogen and oxygen atoms in total. The third-order valence-electron chi connectivity index (χ3n) is 2.29. The van der Waals surface area contributed by atoms with Gasteiger partial charge >= 0.3 is 0 Å². The molecule has 0 unspecified atom stereocenters. The van der Waals surface area contributed by atoms with Crippen molar-refractivity contribution in [2.24, 2.45) is 5.73 Å². The Kier molecular flexibility index (Phi) is 4.40. The maximum Gasteiger partial charge on any atom is 0.246 e. The van der Waals surface area contributed by atoms with Gasteiger partial charge in [0.25, 0.3) is 0 Å². The Balaban J connectivity index is 3.41. The minimum atomic E-state index is -4.17. The summed E-state index contributed by atoms with van der Waals surface area (Å²) in [6, 6.07) is 1.86. The average molecular weight is 274 g/mol. The number of halogens is 2. The van der Waals surface area contributed by atoms with Crippen LogP contribution in [-0.2, 0) is 16.6 Å². The second kappa shape index (κ2) is 5.44. The summed E-state index contributed by atoms with van der Waals surface area (Å²) in [6.07, 6.45) is 4.98. The van der Waals surface area contributed by atoms with E-state index in [4.69, 9.17) is 12.2 Å². The molecule has 0 spiro atoms. The molecule has 1 aromatic rings. The summed E-state index contributed by atoms with van der Waals surface area (Å²) in [6.45, 7) is -0.338. The van der Waals surface area contributed by atoms with Crippen LogP contribution in [0.15, 0.2) is 17.0 Å². The number of hydrogen-bond acceptors (Lipinski definition) is 3. The van der Waals surface area contributed by atoms with Gasteiger partial charge in [-0.2, -0.15) is 4.31 Å². The second-order valence-corrected chi connectivity index (χ2v) is 5.57. The average Bonchev–Trinajstić information content (AvgIpc) is 2.32. The van der Waals surface area contributed by atoms with Crippen molar-refractivity contribution in [3.63, 3.8) is 0 Å². The molecular weight excluding hydrogens is 262 g/mol. The van der Waals surface area contributed by atoms with Crippen molar-refractivity contribution in [2.45, 2.75) is 11.4 Å². The fourth-order valence-electron chi connectivity index (χ4n) is 1.30. The molecule has 0 fully saturated rings. The molecule has 0 heterocycles. The van der Waals surface area contributed by atoms with E-state index in [0.29, 0.717) is 0 Å². The van der Waals surface area contributed by atoms with Crippen molar-refractivity contribution in [3.05, 3.63) is 29.3 Å². The number of nitrogens with zero attached hydrogens (tertiary/aromatic N) is 1. The van der Waals surface area contributed by atoms with Crippen LogP contribution in [0.4, 0.5) is 8.78 Å². The highest BCUT2D eigenvalue weighted by atomic mass is 32.2. The lowest BCUT2D eigenvalue weighted by Gasteiger charge is -2.15. The number of terminal acetylenes is 1. The molecule has 0 aliphatic carbocycles. The highest BCUT2D eigenvalue weighted by Gasteiger charge is 2.26. The Morgan fingerprint density at radius 1 is 1.44 bits per heavy atom. The van der Waals surface area contributed by atoms with E-state index in [1.165, 1.54) is 7.05 Å². The third kappa shape index (κ3) is 2.67. The number of rotatable bonds is 4. The number of nitrogens with two attached hydrogens (primary N) is 1. The summed E-state index contributed by atoms with van der Waals surface area (Å²) in [5.41, 5.74) is 5.47. The molecule has 2 N–H and O–H groups in total. The van der Waals surface area contributed by atoms with Crippen molar-refractivity contribution in [1.29, 1.82) is 0 Å². The van der Waals surface area contributed by atoms with E-state index in [-0.39, 0.29) is 18.7 Å². The van der Waals surface area contributed by atoms with E-state index in [9.17, 15) is 17.2 Å². The van der Waals surface area contributed by atoms with Gasteiger partial charge in [-0.3, -0.25) is 0 Å². The summed E-state index contributed by atoms with van der Waals surface area (Å²) in [7, 11) is -2.98. The lowest BCUT2D eigenvalue weighted by atomic mass is 10.2. The van der Waals surface area contributed by atoms with Crippen molar-refractivity contribution in [2.75, 3.05) is 13.6 Å². The fourth-order valence-corrected chi connectivity index (χ4v) is 2.51. The highest BCUT2D eigenvalue weighted by Crippen LogP contribution is 2.22. The van der Waals surface area contributed by atoms with Gasteiger partial charge in [0, 0.05) is 13.6 Å². The fraction of sp³-hybridized carbons (Fsp3) is 0.273. The highest BCUT2D eigenvalue weighted by molar-refractivity contribution is 7.89. The second-order valence-electron chi connectivity index (χ2n) is 3.56. The van der Waals surface area contributed by atoms with Crippen molar-refractivity contribution < 1.29 is 17.2 Å². The predicted octanol–water partition coefficient (Wildman–Crippen LogP) is 0.677. The van der Waals surface area contributed by atoms with Gasteiger partial charge in [-0.05, 0) is 17.7 Å². The Hall–Kier alpha value is -1.49. The van der Waals surface area contributed by atoms with Gasteiger partial charge in [0.15, 0.2) is 11.6 Å². The van der Waals surface area contributed by atoms with Crippen molar-refractivity contribution in [1.82, 2.24) is 4.31 Å². The first-order chi connectivity index (χ1) is 8.34. The first-order valence-corrected chi connectivity index (χ1v) is 6.36. The molecule has 7 heteroatoms. The number of sulfonamides is 1. The van der Waals surface area contributed by atoms with Crippen molar-refractivity contribution in [3.8, 4) is 12.3 Å². The molecule has 1 aromatic carbocycles. The van der Waals surface area contributed by atoms with Crippen LogP contribution in [0.1, 0.15) is 5.56 Å². The minimum Gasteiger partial charge on any atom is -0.326 e. The molecule has 0 saturated heterocycles. The molecule has 0 bridgehead atoms. The van der Waals surface area contributed by atoms with E-state index in [0.717, 1.165) is 16.4 Å². The van der Waals surface area contributed by atoms with E-state index < -0.39 is 26.6 Å². The number of benzene rings is 1. The van der Waals surface area contributed by atoms with Crippen LogP contribution in [0.2, 0.25) is 0 Å². The van der Waals surface area contributed by atoms with Crippen LogP contribution in [-0.4, -0.2) is 26.3 Å². The zero-order valence-electron chi connectivity index (χ0n) is 9.65. The smallest absolute Gasteiger partial charge is 0.246 e. The standard InChI is InChI=1S/C11H12F2N2O2S/c1-3-4-15(2)18(16,17)10-6-8(7-14)5-9(12)11(10)13/h1,5-6H,4,7,14H2,2H3. The zero-order chi connectivity index (χ0) is 13.9. The molecular formula is C11H12F2N2O2S. The molecule has 0 aromatic heterocycles. The summed E-state index contributed by atoms with van der Waals surface area (Å²) in [5, 5.41) is 0. The largest absolute Gasteiger partial charge is 0.326 e. The SMILES string of the molecule is C#CCN(C)S(=O)(=O)c1cc(CN)cc(F)c1F. The third-order valence-corrected chi connectivity index (χ3v) is 4.10. The van der Waals surface area contributed by atoms with Gasteiger partial charge in [-0.25, -0.2) is 17.2 Å². The molecule has 0 amide bonds. The normalized spacial score (nSPS) is 11.6. The molecule has 0 radical (unpaired) electrons. The van der Waals surface area contributed by atoms with E-state index >= 15 is 0 Å². The Morgan fingerprint density at radius 2 is 2.06 bits per heavy atom. The predicted molar refractivity (Wildman–Crippen MR) is 62.9 cm³/mol. The van der Waals surface area contributed by atoms with Crippen LogP contribution in [0, 0.1) is 24.0 Å². The minimum absolute atomic E-state index is 0.0986. The summed E-state index contributed by atoms with van der Waals surface area (Å²) in [4.78, 5) is -0.763. The topological polar surface area (TPSA) is 63.4 Å². The summed E-state index contributed by atoms with van der Waals surface area (Å²) in [5.74, 6) is -0.581.